The number of allylic oxidation sites excluding steroid dienone is 1. The largest absolute Gasteiger partial charge is 0.474 e. The van der Waals surface area contributed by atoms with Crippen molar-refractivity contribution in [3.63, 3.8) is 0 Å². The smallest absolute Gasteiger partial charge is 0.268 e. The molecule has 2 aliphatic heterocycles. The second kappa shape index (κ2) is 19.7. The van der Waals surface area contributed by atoms with Crippen LogP contribution in [0.3, 0.4) is 0 Å². The number of morpholine rings is 1. The average Bonchev–Trinajstić information content (AvgIpc) is 3.77. The van der Waals surface area contributed by atoms with Crippen molar-refractivity contribution in [2.24, 2.45) is 5.41 Å². The number of amides is 2. The number of aromatic amines is 1. The monoisotopic (exact) mass is 944 g/mol. The van der Waals surface area contributed by atoms with E-state index in [0.29, 0.717) is 30.8 Å². The molecule has 1 atom stereocenters. The zero-order valence-corrected chi connectivity index (χ0v) is 39.3. The molecular formula is C47H54Cl2N8O7S. The number of benzene rings is 3. The predicted octanol–water partition coefficient (Wildman–Crippen LogP) is 7.13. The van der Waals surface area contributed by atoms with E-state index in [4.69, 9.17) is 37.4 Å². The number of rotatable bonds is 14. The molecule has 5 aromatic rings. The maximum atomic E-state index is 14.0. The summed E-state index contributed by atoms with van der Waals surface area (Å²) in [6, 6.07) is 19.9. The van der Waals surface area contributed by atoms with Gasteiger partial charge in [-0.3, -0.25) is 19.6 Å². The van der Waals surface area contributed by atoms with Crippen LogP contribution >= 0.6 is 23.2 Å². The summed E-state index contributed by atoms with van der Waals surface area (Å²) in [7, 11) is -0.820. The Labute approximate surface area is 389 Å². The SMILES string of the molecule is CN(C)CC(=O)N1CCO[C@H](COc2ncc(S(=O)(=O)NC(=O)c3ccc(N4CCN(CC5=C(c6ccc(Cl)cc6)CC(C)(C)CC5)CC4)cc3Oc3cccc4[nH]ncc34)cc2Cl)C1. The first-order chi connectivity index (χ1) is 31.1. The van der Waals surface area contributed by atoms with Crippen LogP contribution in [0.2, 0.25) is 10.0 Å². The van der Waals surface area contributed by atoms with E-state index in [1.54, 1.807) is 40.3 Å². The third-order valence-electron chi connectivity index (χ3n) is 12.1. The fraction of sp³-hybridized carbons (Fsp3) is 0.404. The van der Waals surface area contributed by atoms with Crippen LogP contribution in [-0.4, -0.2) is 136 Å². The minimum atomic E-state index is -4.47. The fourth-order valence-electron chi connectivity index (χ4n) is 8.51. The second-order valence-corrected chi connectivity index (χ2v) is 20.4. The van der Waals surface area contributed by atoms with Gasteiger partial charge in [-0.25, -0.2) is 18.1 Å². The van der Waals surface area contributed by atoms with Crippen molar-refractivity contribution in [2.45, 2.75) is 44.1 Å². The van der Waals surface area contributed by atoms with E-state index in [1.165, 1.54) is 16.7 Å². The van der Waals surface area contributed by atoms with Gasteiger partial charge in [-0.2, -0.15) is 5.10 Å². The number of hydrogen-bond acceptors (Lipinski definition) is 12. The van der Waals surface area contributed by atoms with Crippen LogP contribution in [0.25, 0.3) is 16.5 Å². The topological polar surface area (TPSA) is 163 Å². The van der Waals surface area contributed by atoms with Crippen molar-refractivity contribution >= 4 is 67.2 Å². The summed E-state index contributed by atoms with van der Waals surface area (Å²) in [4.78, 5) is 38.6. The maximum absolute atomic E-state index is 14.0. The molecule has 15 nitrogen and oxygen atoms in total. The highest BCUT2D eigenvalue weighted by Crippen LogP contribution is 2.43. The Morgan fingerprint density at radius 1 is 0.985 bits per heavy atom. The van der Waals surface area contributed by atoms with Crippen molar-refractivity contribution in [3.8, 4) is 17.4 Å². The molecule has 0 unspecified atom stereocenters. The van der Waals surface area contributed by atoms with Crippen LogP contribution in [0.4, 0.5) is 5.69 Å². The Morgan fingerprint density at radius 3 is 2.52 bits per heavy atom. The highest BCUT2D eigenvalue weighted by molar-refractivity contribution is 7.90. The molecule has 2 saturated heterocycles. The molecule has 0 bridgehead atoms. The number of nitrogens with zero attached hydrogens (tertiary/aromatic N) is 6. The molecule has 18 heteroatoms. The predicted molar refractivity (Wildman–Crippen MR) is 252 cm³/mol. The Kier molecular flexibility index (Phi) is 14.0. The zero-order chi connectivity index (χ0) is 45.9. The molecule has 4 heterocycles. The molecule has 0 radical (unpaired) electrons. The van der Waals surface area contributed by atoms with Crippen molar-refractivity contribution in [3.05, 3.63) is 106 Å². The normalized spacial score (nSPS) is 18.3. The molecule has 3 aliphatic rings. The van der Waals surface area contributed by atoms with Crippen LogP contribution < -0.4 is 19.1 Å². The van der Waals surface area contributed by atoms with Crippen LogP contribution in [-0.2, 0) is 19.6 Å². The highest BCUT2D eigenvalue weighted by Gasteiger charge is 2.31. The number of anilines is 1. The van der Waals surface area contributed by atoms with Gasteiger partial charge in [0.1, 0.15) is 34.1 Å². The first kappa shape index (κ1) is 46.3. The van der Waals surface area contributed by atoms with E-state index >= 15 is 0 Å². The number of hydrogen-bond donors (Lipinski definition) is 2. The van der Waals surface area contributed by atoms with E-state index < -0.39 is 22.0 Å². The third kappa shape index (κ3) is 11.2. The Balaban J connectivity index is 0.962. The van der Waals surface area contributed by atoms with Gasteiger partial charge in [0.05, 0.1) is 48.6 Å². The van der Waals surface area contributed by atoms with Crippen LogP contribution in [0.15, 0.2) is 89.6 Å². The van der Waals surface area contributed by atoms with Gasteiger partial charge in [0.15, 0.2) is 0 Å². The second-order valence-electron chi connectivity index (χ2n) is 17.8. The van der Waals surface area contributed by atoms with Gasteiger partial charge in [0.2, 0.25) is 11.8 Å². The van der Waals surface area contributed by atoms with E-state index in [2.05, 4.69) is 55.7 Å². The van der Waals surface area contributed by atoms with Gasteiger partial charge in [-0.1, -0.05) is 60.8 Å². The van der Waals surface area contributed by atoms with E-state index in [1.807, 2.05) is 38.4 Å². The van der Waals surface area contributed by atoms with Gasteiger partial charge in [-0.15, -0.1) is 0 Å². The Hall–Kier alpha value is -5.23. The van der Waals surface area contributed by atoms with Gasteiger partial charge in [0.25, 0.3) is 15.9 Å². The number of ether oxygens (including phenoxy) is 3. The van der Waals surface area contributed by atoms with Crippen molar-refractivity contribution in [2.75, 3.05) is 84.6 Å². The number of nitrogens with one attached hydrogen (secondary N) is 2. The fourth-order valence-corrected chi connectivity index (χ4v) is 9.86. The molecular weight excluding hydrogens is 892 g/mol. The summed E-state index contributed by atoms with van der Waals surface area (Å²) >= 11 is 12.7. The molecule has 2 N–H and O–H groups in total. The van der Waals surface area contributed by atoms with Gasteiger partial charge >= 0.3 is 0 Å². The zero-order valence-electron chi connectivity index (χ0n) is 37.0. The molecule has 0 saturated carbocycles. The first-order valence-corrected chi connectivity index (χ1v) is 23.9. The van der Waals surface area contributed by atoms with Crippen molar-refractivity contribution in [1.82, 2.24) is 34.6 Å². The van der Waals surface area contributed by atoms with Crippen LogP contribution in [0, 0.1) is 5.41 Å². The Morgan fingerprint density at radius 2 is 1.77 bits per heavy atom. The summed E-state index contributed by atoms with van der Waals surface area (Å²) in [6.07, 6.45) is 5.47. The number of halogens is 2. The summed E-state index contributed by atoms with van der Waals surface area (Å²) in [5.41, 5.74) is 5.92. The van der Waals surface area contributed by atoms with E-state index in [9.17, 15) is 18.0 Å². The molecule has 2 aromatic heterocycles. The quantitative estimate of drug-likeness (QED) is 0.116. The number of aromatic nitrogens is 3. The van der Waals surface area contributed by atoms with E-state index in [0.717, 1.165) is 80.5 Å². The minimum absolute atomic E-state index is 0.00273. The molecule has 8 rings (SSSR count). The molecule has 1 aliphatic carbocycles. The summed E-state index contributed by atoms with van der Waals surface area (Å²) in [5.74, 6) is -0.340. The number of carbonyl (C=O) groups excluding carboxylic acids is 2. The number of likely N-dealkylation sites (N-methyl/N-ethyl adjacent to an activating group) is 1. The lowest BCUT2D eigenvalue weighted by atomic mass is 9.72. The number of sulfonamides is 1. The first-order valence-electron chi connectivity index (χ1n) is 21.7. The lowest BCUT2D eigenvalue weighted by molar-refractivity contribution is -0.140. The molecule has 2 fully saturated rings. The maximum Gasteiger partial charge on any atom is 0.268 e. The Bertz CT molecular complexity index is 2680. The van der Waals surface area contributed by atoms with Crippen molar-refractivity contribution in [1.29, 1.82) is 0 Å². The molecule has 0 spiro atoms. The van der Waals surface area contributed by atoms with Gasteiger partial charge < -0.3 is 28.9 Å². The number of fused-ring (bicyclic) bond motifs is 1. The van der Waals surface area contributed by atoms with Gasteiger partial charge in [0, 0.05) is 56.0 Å². The van der Waals surface area contributed by atoms with Crippen LogP contribution in [0.5, 0.6) is 17.4 Å². The summed E-state index contributed by atoms with van der Waals surface area (Å²) < 4.78 is 47.6. The standard InChI is InChI=1S/C47H54Cl2N8O7S/c1-47(2)15-14-32(38(24-47)31-8-10-33(48)11-9-31)27-55-16-18-56(19-17-55)34-12-13-37(43(22-34)64-42-7-5-6-41-39(42)26-51-52-41)45(59)53-65(60,61)36-23-40(49)46(50-25-36)63-30-35-28-57(20-21-62-35)44(58)29-54(3)4/h5-13,22-23,25-26,35H,14-21,24,27-30H2,1-4H3,(H,51,52)(H,53,59)/t35-/m0/s1. The highest BCUT2D eigenvalue weighted by atomic mass is 35.5. The molecule has 3 aromatic carbocycles. The summed E-state index contributed by atoms with van der Waals surface area (Å²) in [6.45, 7) is 10.2. The number of H-pyrrole nitrogens is 1. The lowest BCUT2D eigenvalue weighted by Gasteiger charge is -2.39. The molecule has 344 valence electrons. The number of piperazine rings is 1. The molecule has 65 heavy (non-hydrogen) atoms. The minimum Gasteiger partial charge on any atom is -0.474 e. The van der Waals surface area contributed by atoms with Gasteiger partial charge in [-0.05, 0) is 92.4 Å². The number of pyridine rings is 1. The number of carbonyl (C=O) groups is 2. The summed E-state index contributed by atoms with van der Waals surface area (Å²) in [5, 5.41) is 8.42. The van der Waals surface area contributed by atoms with Crippen LogP contribution in [0.1, 0.15) is 49.0 Å². The molecule has 2 amide bonds. The van der Waals surface area contributed by atoms with E-state index in [-0.39, 0.29) is 51.6 Å². The third-order valence-corrected chi connectivity index (χ3v) is 13.9. The van der Waals surface area contributed by atoms with Crippen molar-refractivity contribution < 1.29 is 32.2 Å². The average molecular weight is 946 g/mol. The lowest BCUT2D eigenvalue weighted by Crippen LogP contribution is -2.49.